The van der Waals surface area contributed by atoms with Gasteiger partial charge in [-0.1, -0.05) is 45.8 Å². The largest absolute Gasteiger partial charge is 0.277 e. The molecule has 0 aliphatic carbocycles. The van der Waals surface area contributed by atoms with E-state index >= 15 is 0 Å². The molecule has 31 heavy (non-hydrogen) atoms. The molecule has 6 nitrogen and oxygen atoms in total. The molecule has 3 heterocycles. The monoisotopic (exact) mass is 430 g/mol. The van der Waals surface area contributed by atoms with Gasteiger partial charge in [-0.05, 0) is 36.4 Å². The van der Waals surface area contributed by atoms with E-state index in [0.29, 0.717) is 0 Å². The van der Waals surface area contributed by atoms with Crippen molar-refractivity contribution in [3.8, 4) is 0 Å². The molecular weight excluding hydrogens is 406 g/mol. The van der Waals surface area contributed by atoms with E-state index < -0.39 is 0 Å². The topological polar surface area (TPSA) is 50.6 Å². The van der Waals surface area contributed by atoms with Crippen LogP contribution >= 0.6 is 11.7 Å². The maximum absolute atomic E-state index is 4.88. The number of nitrogens with zero attached hydrogens (tertiary/aromatic N) is 5. The number of benzene rings is 3. The van der Waals surface area contributed by atoms with Gasteiger partial charge in [-0.3, -0.25) is 0 Å². The minimum Gasteiger partial charge on any atom is -0.201 e. The molecule has 3 aromatic heterocycles. The molecule has 0 bridgehead atoms. The van der Waals surface area contributed by atoms with Crippen molar-refractivity contribution < 1.29 is 17.9 Å². The van der Waals surface area contributed by atoms with Crippen LogP contribution in [-0.4, -0.2) is 9.53 Å². The fourth-order valence-corrected chi connectivity index (χ4v) is 3.83. The molecule has 6 aromatic rings. The van der Waals surface area contributed by atoms with Crippen molar-refractivity contribution >= 4 is 44.7 Å². The van der Waals surface area contributed by atoms with Crippen molar-refractivity contribution in [3.63, 3.8) is 0 Å². The standard InChI is InChI=1S/C10H10N.C7H7N2O.C7H7N2S/c1-11-8-4-6-9-5-2-3-7-10(9)11;2*1-9-7-5-3-2-4-6(7)8-10-9/h2-8H,1H3;2*2-5H,1H3/q3*+1. The molecule has 0 aliphatic heterocycles. The van der Waals surface area contributed by atoms with Gasteiger partial charge in [0.05, 0.1) is 7.05 Å². The fraction of sp³-hybridized carbons (Fsp3) is 0.125. The van der Waals surface area contributed by atoms with Crippen LogP contribution < -0.4 is 13.3 Å². The average molecular weight is 431 g/mol. The summed E-state index contributed by atoms with van der Waals surface area (Å²) in [4.78, 5) is 0. The van der Waals surface area contributed by atoms with E-state index in [1.54, 1.807) is 4.74 Å². The molecule has 0 radical (unpaired) electrons. The lowest BCUT2D eigenvalue weighted by Gasteiger charge is -1.93. The molecule has 6 rings (SSSR count). The highest BCUT2D eigenvalue weighted by atomic mass is 32.1. The fourth-order valence-electron chi connectivity index (χ4n) is 3.22. The highest BCUT2D eigenvalue weighted by Crippen LogP contribution is 2.07. The van der Waals surface area contributed by atoms with E-state index in [2.05, 4.69) is 73.8 Å². The van der Waals surface area contributed by atoms with E-state index in [0.717, 1.165) is 16.6 Å². The van der Waals surface area contributed by atoms with Crippen LogP contribution in [0.1, 0.15) is 0 Å². The Kier molecular flexibility index (Phi) is 6.24. The third kappa shape index (κ3) is 4.73. The van der Waals surface area contributed by atoms with E-state index in [-0.39, 0.29) is 0 Å². The van der Waals surface area contributed by atoms with Gasteiger partial charge in [-0.2, -0.15) is 3.96 Å². The molecule has 0 saturated heterocycles. The Balaban J connectivity index is 0.000000112. The first kappa shape index (κ1) is 20.6. The second-order valence-corrected chi connectivity index (χ2v) is 7.89. The van der Waals surface area contributed by atoms with Crippen molar-refractivity contribution in [2.45, 2.75) is 0 Å². The first-order valence-electron chi connectivity index (χ1n) is 9.89. The van der Waals surface area contributed by atoms with Crippen LogP contribution in [0.25, 0.3) is 33.0 Å². The quantitative estimate of drug-likeness (QED) is 0.347. The molecule has 7 heteroatoms. The predicted octanol–water partition coefficient (Wildman–Crippen LogP) is 3.44. The summed E-state index contributed by atoms with van der Waals surface area (Å²) in [6, 6.07) is 28.4. The summed E-state index contributed by atoms with van der Waals surface area (Å²) >= 11 is 1.48. The van der Waals surface area contributed by atoms with Crippen molar-refractivity contribution in [1.82, 2.24) is 9.53 Å². The Morgan fingerprint density at radius 1 is 0.677 bits per heavy atom. The lowest BCUT2D eigenvalue weighted by Crippen LogP contribution is -2.27. The molecule has 0 atom stereocenters. The van der Waals surface area contributed by atoms with Crippen LogP contribution in [0.3, 0.4) is 0 Å². The molecule has 3 aromatic carbocycles. The number of hydrogen-bond acceptors (Lipinski definition) is 4. The number of rotatable bonds is 0. The Morgan fingerprint density at radius 3 is 2.00 bits per heavy atom. The summed E-state index contributed by atoms with van der Waals surface area (Å²) in [5.74, 6) is 0. The van der Waals surface area contributed by atoms with Gasteiger partial charge < -0.3 is 0 Å². The second kappa shape index (κ2) is 9.40. The van der Waals surface area contributed by atoms with Crippen LogP contribution in [0, 0.1) is 0 Å². The van der Waals surface area contributed by atoms with Gasteiger partial charge in [0.1, 0.15) is 14.1 Å². The molecule has 0 fully saturated rings. The van der Waals surface area contributed by atoms with E-state index in [9.17, 15) is 0 Å². The maximum Gasteiger partial charge on any atom is 0.277 e. The van der Waals surface area contributed by atoms with Crippen LogP contribution in [0.4, 0.5) is 0 Å². The summed E-state index contributed by atoms with van der Waals surface area (Å²) in [5, 5.41) is 5.10. The first-order valence-corrected chi connectivity index (χ1v) is 10.6. The summed E-state index contributed by atoms with van der Waals surface area (Å²) in [7, 11) is 5.90. The molecule has 0 spiro atoms. The molecule has 154 valence electrons. The van der Waals surface area contributed by atoms with Gasteiger partial charge >= 0.3 is 0 Å². The Morgan fingerprint density at radius 2 is 1.29 bits per heavy atom. The van der Waals surface area contributed by atoms with Gasteiger partial charge in [-0.25, -0.2) is 4.57 Å². The average Bonchev–Trinajstić information content (AvgIpc) is 3.38. The normalized spacial score (nSPS) is 10.4. The van der Waals surface area contributed by atoms with Crippen LogP contribution in [0.2, 0.25) is 0 Å². The summed E-state index contributed by atoms with van der Waals surface area (Å²) < 4.78 is 14.9. The van der Waals surface area contributed by atoms with Gasteiger partial charge in [0.15, 0.2) is 16.9 Å². The summed E-state index contributed by atoms with van der Waals surface area (Å²) in [6.45, 7) is 0. The smallest absolute Gasteiger partial charge is 0.201 e. The minimum atomic E-state index is 0.894. The summed E-state index contributed by atoms with van der Waals surface area (Å²) in [6.07, 6.45) is 2.06. The molecule has 0 saturated carbocycles. The van der Waals surface area contributed by atoms with E-state index in [1.165, 1.54) is 28.1 Å². The number of fused-ring (bicyclic) bond motifs is 3. The Labute approximate surface area is 184 Å². The number of hydrogen-bond donors (Lipinski definition) is 0. The first-order chi connectivity index (χ1) is 15.1. The van der Waals surface area contributed by atoms with Crippen LogP contribution in [-0.2, 0) is 21.1 Å². The van der Waals surface area contributed by atoms with Crippen molar-refractivity contribution in [2.75, 3.05) is 0 Å². The van der Waals surface area contributed by atoms with Crippen molar-refractivity contribution in [3.05, 3.63) is 91.1 Å². The Bertz CT molecular complexity index is 1360. The van der Waals surface area contributed by atoms with Gasteiger partial charge in [0.25, 0.3) is 17.2 Å². The third-order valence-electron chi connectivity index (χ3n) is 4.87. The molecule has 0 N–H and O–H groups in total. The SMILES string of the molecule is C[n+]1cccc2ccccc21.C[n+]1onc2ccccc21.C[n+]1snc2ccccc21. The molecule has 0 unspecified atom stereocenters. The number of pyridine rings is 1. The second-order valence-electron chi connectivity index (χ2n) is 7.00. The summed E-state index contributed by atoms with van der Waals surface area (Å²) in [5.41, 5.74) is 5.46. The van der Waals surface area contributed by atoms with Gasteiger partial charge in [0.2, 0.25) is 16.6 Å². The predicted molar refractivity (Wildman–Crippen MR) is 121 cm³/mol. The highest BCUT2D eigenvalue weighted by molar-refractivity contribution is 6.95. The molecular formula is C24H24N5OS+3. The van der Waals surface area contributed by atoms with Crippen molar-refractivity contribution in [2.24, 2.45) is 21.1 Å². The van der Waals surface area contributed by atoms with Crippen LogP contribution in [0.5, 0.6) is 0 Å². The third-order valence-corrected chi connectivity index (χ3v) is 5.59. The van der Waals surface area contributed by atoms with Crippen LogP contribution in [0.15, 0.2) is 95.8 Å². The lowest BCUT2D eigenvalue weighted by molar-refractivity contribution is -0.834. The molecule has 0 aliphatic rings. The zero-order valence-electron chi connectivity index (χ0n) is 17.7. The zero-order chi connectivity index (χ0) is 21.6. The maximum atomic E-state index is 4.88. The minimum absolute atomic E-state index is 0.894. The molecule has 0 amide bonds. The Hall–Kier alpha value is -3.71. The van der Waals surface area contributed by atoms with Crippen molar-refractivity contribution in [1.29, 1.82) is 0 Å². The number of aromatic nitrogens is 5. The highest BCUT2D eigenvalue weighted by Gasteiger charge is 2.09. The number of para-hydroxylation sites is 3. The van der Waals surface area contributed by atoms with E-state index in [4.69, 9.17) is 4.63 Å². The van der Waals surface area contributed by atoms with Gasteiger partial charge in [-0.15, -0.1) is 0 Å². The van der Waals surface area contributed by atoms with E-state index in [1.807, 2.05) is 56.6 Å². The van der Waals surface area contributed by atoms with Gasteiger partial charge in [0, 0.05) is 21.9 Å². The zero-order valence-corrected chi connectivity index (χ0v) is 18.5. The number of aryl methyl sites for hydroxylation is 3. The lowest BCUT2D eigenvalue weighted by atomic mass is 10.2.